The topological polar surface area (TPSA) is 59.3 Å². The predicted octanol–water partition coefficient (Wildman–Crippen LogP) is 1.63. The minimum atomic E-state index is -0.630. The fraction of sp³-hybridized carbons (Fsp3) is 0.600. The van der Waals surface area contributed by atoms with Crippen LogP contribution in [0.2, 0.25) is 0 Å². The van der Waals surface area contributed by atoms with Gasteiger partial charge in [0, 0.05) is 0 Å². The molecule has 0 saturated heterocycles. The van der Waals surface area contributed by atoms with Crippen LogP contribution in [0.5, 0.6) is 0 Å². The van der Waals surface area contributed by atoms with E-state index in [1.54, 1.807) is 13.0 Å². The van der Waals surface area contributed by atoms with Gasteiger partial charge in [-0.05, 0) is 12.8 Å². The first-order valence-corrected chi connectivity index (χ1v) is 4.50. The monoisotopic (exact) mass is 197 g/mol. The van der Waals surface area contributed by atoms with Crippen molar-refractivity contribution in [3.05, 3.63) is 11.8 Å². The standard InChI is InChI=1S/C10H15NO3/c1-4-13-7-9(5-11)10(12)14-6-8(2)3/h7-8H,4,6H2,1-3H3. The summed E-state index contributed by atoms with van der Waals surface area (Å²) < 4.78 is 9.67. The van der Waals surface area contributed by atoms with Crippen molar-refractivity contribution in [2.24, 2.45) is 5.92 Å². The smallest absolute Gasteiger partial charge is 0.352 e. The summed E-state index contributed by atoms with van der Waals surface area (Å²) in [4.78, 5) is 11.2. The third-order valence-electron chi connectivity index (χ3n) is 1.26. The van der Waals surface area contributed by atoms with Gasteiger partial charge in [0.2, 0.25) is 0 Å². The second-order valence-corrected chi connectivity index (χ2v) is 3.09. The van der Waals surface area contributed by atoms with E-state index in [1.165, 1.54) is 0 Å². The molecular formula is C10H15NO3. The van der Waals surface area contributed by atoms with Crippen LogP contribution < -0.4 is 0 Å². The van der Waals surface area contributed by atoms with E-state index in [0.29, 0.717) is 13.2 Å². The highest BCUT2D eigenvalue weighted by molar-refractivity contribution is 5.92. The van der Waals surface area contributed by atoms with Crippen LogP contribution in [-0.4, -0.2) is 19.2 Å². The highest BCUT2D eigenvalue weighted by Crippen LogP contribution is 2.00. The highest BCUT2D eigenvalue weighted by atomic mass is 16.5. The van der Waals surface area contributed by atoms with Crippen LogP contribution in [0.15, 0.2) is 11.8 Å². The van der Waals surface area contributed by atoms with Crippen LogP contribution in [0.1, 0.15) is 20.8 Å². The molecule has 0 atom stereocenters. The summed E-state index contributed by atoms with van der Waals surface area (Å²) in [7, 11) is 0. The summed E-state index contributed by atoms with van der Waals surface area (Å²) in [6.07, 6.45) is 1.13. The maximum absolute atomic E-state index is 11.2. The quantitative estimate of drug-likeness (QED) is 0.291. The minimum absolute atomic E-state index is 0.104. The van der Waals surface area contributed by atoms with Crippen molar-refractivity contribution in [3.63, 3.8) is 0 Å². The Bertz CT molecular complexity index is 251. The summed E-state index contributed by atoms with van der Waals surface area (Å²) in [6.45, 7) is 6.34. The molecule has 0 saturated carbocycles. The lowest BCUT2D eigenvalue weighted by molar-refractivity contribution is -0.139. The molecule has 0 aliphatic carbocycles. The van der Waals surface area contributed by atoms with Crippen LogP contribution in [0.4, 0.5) is 0 Å². The fourth-order valence-corrected chi connectivity index (χ4v) is 0.607. The summed E-state index contributed by atoms with van der Waals surface area (Å²) in [5.41, 5.74) is -0.104. The lowest BCUT2D eigenvalue weighted by Gasteiger charge is -2.05. The van der Waals surface area contributed by atoms with Crippen molar-refractivity contribution in [3.8, 4) is 6.07 Å². The van der Waals surface area contributed by atoms with Gasteiger partial charge in [0.1, 0.15) is 12.3 Å². The third-order valence-corrected chi connectivity index (χ3v) is 1.26. The van der Waals surface area contributed by atoms with E-state index in [0.717, 1.165) is 6.26 Å². The predicted molar refractivity (Wildman–Crippen MR) is 51.1 cm³/mol. The highest BCUT2D eigenvalue weighted by Gasteiger charge is 2.11. The molecule has 0 aromatic carbocycles. The number of carbonyl (C=O) groups is 1. The Balaban J connectivity index is 4.13. The lowest BCUT2D eigenvalue weighted by atomic mass is 10.2. The van der Waals surface area contributed by atoms with E-state index in [1.807, 2.05) is 13.8 Å². The largest absolute Gasteiger partial charge is 0.500 e. The molecule has 0 aromatic rings. The fourth-order valence-electron chi connectivity index (χ4n) is 0.607. The molecule has 0 aromatic heterocycles. The second-order valence-electron chi connectivity index (χ2n) is 3.09. The number of hydrogen-bond acceptors (Lipinski definition) is 4. The molecule has 0 radical (unpaired) electrons. The van der Waals surface area contributed by atoms with Crippen molar-refractivity contribution in [1.29, 1.82) is 5.26 Å². The number of hydrogen-bond donors (Lipinski definition) is 0. The molecule has 0 aliphatic rings. The molecule has 0 bridgehead atoms. The summed E-state index contributed by atoms with van der Waals surface area (Å²) in [5.74, 6) is -0.374. The number of nitrogens with zero attached hydrogens (tertiary/aromatic N) is 1. The zero-order valence-electron chi connectivity index (χ0n) is 8.74. The summed E-state index contributed by atoms with van der Waals surface area (Å²) in [5, 5.41) is 8.59. The van der Waals surface area contributed by atoms with Gasteiger partial charge in [0.05, 0.1) is 13.2 Å². The second kappa shape index (κ2) is 6.96. The van der Waals surface area contributed by atoms with E-state index in [-0.39, 0.29) is 11.5 Å². The number of carbonyl (C=O) groups excluding carboxylic acids is 1. The van der Waals surface area contributed by atoms with Crippen molar-refractivity contribution < 1.29 is 14.3 Å². The SMILES string of the molecule is CCOC=C(C#N)C(=O)OCC(C)C. The number of esters is 1. The molecule has 0 unspecified atom stereocenters. The van der Waals surface area contributed by atoms with E-state index >= 15 is 0 Å². The zero-order valence-corrected chi connectivity index (χ0v) is 8.74. The minimum Gasteiger partial charge on any atom is -0.500 e. The van der Waals surface area contributed by atoms with Gasteiger partial charge < -0.3 is 9.47 Å². The number of rotatable bonds is 5. The Kier molecular flexibility index (Phi) is 6.21. The van der Waals surface area contributed by atoms with Gasteiger partial charge in [0.25, 0.3) is 0 Å². The first kappa shape index (κ1) is 12.5. The molecule has 0 heterocycles. The Morgan fingerprint density at radius 1 is 1.57 bits per heavy atom. The molecule has 0 rings (SSSR count). The normalized spacial score (nSPS) is 10.9. The van der Waals surface area contributed by atoms with Crippen molar-refractivity contribution in [1.82, 2.24) is 0 Å². The summed E-state index contributed by atoms with van der Waals surface area (Å²) in [6, 6.07) is 1.72. The molecule has 4 heteroatoms. The molecule has 0 amide bonds. The van der Waals surface area contributed by atoms with Gasteiger partial charge in [0.15, 0.2) is 5.57 Å². The van der Waals surface area contributed by atoms with Gasteiger partial charge in [-0.1, -0.05) is 13.8 Å². The van der Waals surface area contributed by atoms with Crippen LogP contribution >= 0.6 is 0 Å². The average Bonchev–Trinajstić information content (AvgIpc) is 2.16. The first-order valence-electron chi connectivity index (χ1n) is 4.50. The van der Waals surface area contributed by atoms with Gasteiger partial charge in [-0.15, -0.1) is 0 Å². The van der Waals surface area contributed by atoms with E-state index in [4.69, 9.17) is 14.7 Å². The lowest BCUT2D eigenvalue weighted by Crippen LogP contribution is -2.11. The van der Waals surface area contributed by atoms with Crippen molar-refractivity contribution in [2.75, 3.05) is 13.2 Å². The maximum Gasteiger partial charge on any atom is 0.352 e. The molecule has 78 valence electrons. The van der Waals surface area contributed by atoms with E-state index < -0.39 is 5.97 Å². The van der Waals surface area contributed by atoms with Crippen LogP contribution in [-0.2, 0) is 14.3 Å². The number of ether oxygens (including phenoxy) is 2. The third kappa shape index (κ3) is 5.20. The first-order chi connectivity index (χ1) is 6.61. The van der Waals surface area contributed by atoms with Gasteiger partial charge in [-0.25, -0.2) is 4.79 Å². The molecule has 0 spiro atoms. The molecule has 4 nitrogen and oxygen atoms in total. The Morgan fingerprint density at radius 3 is 2.64 bits per heavy atom. The Hall–Kier alpha value is -1.50. The van der Waals surface area contributed by atoms with Crippen LogP contribution in [0, 0.1) is 17.2 Å². The van der Waals surface area contributed by atoms with E-state index in [9.17, 15) is 4.79 Å². The van der Waals surface area contributed by atoms with Crippen LogP contribution in [0.3, 0.4) is 0 Å². The zero-order chi connectivity index (χ0) is 11.0. The molecule has 0 N–H and O–H groups in total. The maximum atomic E-state index is 11.2. The summed E-state index contributed by atoms with van der Waals surface area (Å²) >= 11 is 0. The average molecular weight is 197 g/mol. The molecular weight excluding hydrogens is 182 g/mol. The van der Waals surface area contributed by atoms with Crippen LogP contribution in [0.25, 0.3) is 0 Å². The number of nitriles is 1. The molecule has 0 fully saturated rings. The van der Waals surface area contributed by atoms with Gasteiger partial charge in [-0.2, -0.15) is 5.26 Å². The van der Waals surface area contributed by atoms with Crippen molar-refractivity contribution >= 4 is 5.97 Å². The molecule has 14 heavy (non-hydrogen) atoms. The molecule has 0 aliphatic heterocycles. The van der Waals surface area contributed by atoms with Gasteiger partial charge >= 0.3 is 5.97 Å². The van der Waals surface area contributed by atoms with Gasteiger partial charge in [-0.3, -0.25) is 0 Å². The van der Waals surface area contributed by atoms with Crippen molar-refractivity contribution in [2.45, 2.75) is 20.8 Å². The Labute approximate surface area is 84.1 Å². The van der Waals surface area contributed by atoms with E-state index in [2.05, 4.69) is 0 Å². The Morgan fingerprint density at radius 2 is 2.21 bits per heavy atom.